The van der Waals surface area contributed by atoms with Crippen LogP contribution in [0.3, 0.4) is 0 Å². The smallest absolute Gasteiger partial charge is 0.0197 e. The standard InChI is InChI=1S/C10H17N/c1-4-9(2)7-5-6-8-10(3)11/h4-8,10H,11H2,1-3H3/b7-5-,8-6-,9-4+/t10-/m1/s1. The molecule has 0 aromatic carbocycles. The molecule has 0 bridgehead atoms. The second-order valence-corrected chi connectivity index (χ2v) is 2.64. The van der Waals surface area contributed by atoms with Gasteiger partial charge in [0.05, 0.1) is 0 Å². The van der Waals surface area contributed by atoms with Crippen LogP contribution in [0.5, 0.6) is 0 Å². The summed E-state index contributed by atoms with van der Waals surface area (Å²) < 4.78 is 0. The maximum absolute atomic E-state index is 5.51. The van der Waals surface area contributed by atoms with Crippen LogP contribution in [0.1, 0.15) is 20.8 Å². The third-order valence-corrected chi connectivity index (χ3v) is 1.34. The number of rotatable bonds is 3. The molecular formula is C10H17N. The Morgan fingerprint density at radius 3 is 2.45 bits per heavy atom. The van der Waals surface area contributed by atoms with Crippen LogP contribution >= 0.6 is 0 Å². The molecule has 0 saturated carbocycles. The molecule has 1 atom stereocenters. The minimum absolute atomic E-state index is 0.144. The fourth-order valence-electron chi connectivity index (χ4n) is 0.543. The molecule has 62 valence electrons. The Morgan fingerprint density at radius 1 is 1.36 bits per heavy atom. The summed E-state index contributed by atoms with van der Waals surface area (Å²) in [5.41, 5.74) is 6.77. The van der Waals surface area contributed by atoms with E-state index in [0.29, 0.717) is 0 Å². The molecule has 2 N–H and O–H groups in total. The highest BCUT2D eigenvalue weighted by Gasteiger charge is 1.79. The van der Waals surface area contributed by atoms with Crippen molar-refractivity contribution in [1.82, 2.24) is 0 Å². The maximum atomic E-state index is 5.51. The van der Waals surface area contributed by atoms with Crippen molar-refractivity contribution in [2.24, 2.45) is 5.73 Å². The zero-order valence-corrected chi connectivity index (χ0v) is 7.54. The molecule has 0 rings (SSSR count). The quantitative estimate of drug-likeness (QED) is 0.616. The first-order valence-corrected chi connectivity index (χ1v) is 3.90. The van der Waals surface area contributed by atoms with Gasteiger partial charge in [-0.15, -0.1) is 0 Å². The maximum Gasteiger partial charge on any atom is 0.0197 e. The Kier molecular flexibility index (Phi) is 5.49. The minimum atomic E-state index is 0.144. The van der Waals surface area contributed by atoms with Gasteiger partial charge >= 0.3 is 0 Å². The van der Waals surface area contributed by atoms with Crippen LogP contribution in [0.4, 0.5) is 0 Å². The molecular weight excluding hydrogens is 134 g/mol. The first kappa shape index (κ1) is 10.2. The van der Waals surface area contributed by atoms with Gasteiger partial charge in [-0.3, -0.25) is 0 Å². The minimum Gasteiger partial charge on any atom is -0.325 e. The van der Waals surface area contributed by atoms with Gasteiger partial charge in [0.15, 0.2) is 0 Å². The van der Waals surface area contributed by atoms with Gasteiger partial charge in [-0.25, -0.2) is 0 Å². The molecule has 0 spiro atoms. The fourth-order valence-corrected chi connectivity index (χ4v) is 0.543. The zero-order chi connectivity index (χ0) is 8.69. The highest BCUT2D eigenvalue weighted by Crippen LogP contribution is 1.93. The van der Waals surface area contributed by atoms with Crippen LogP contribution in [-0.4, -0.2) is 6.04 Å². The SMILES string of the molecule is C/C=C(C)/C=C\C=C/[C@@H](C)N. The monoisotopic (exact) mass is 151 g/mol. The van der Waals surface area contributed by atoms with Crippen molar-refractivity contribution in [3.05, 3.63) is 36.0 Å². The molecule has 0 radical (unpaired) electrons. The lowest BCUT2D eigenvalue weighted by Gasteiger charge is -1.90. The zero-order valence-electron chi connectivity index (χ0n) is 7.54. The summed E-state index contributed by atoms with van der Waals surface area (Å²) in [6.45, 7) is 6.04. The van der Waals surface area contributed by atoms with Crippen molar-refractivity contribution < 1.29 is 0 Å². The summed E-state index contributed by atoms with van der Waals surface area (Å²) in [7, 11) is 0. The van der Waals surface area contributed by atoms with E-state index >= 15 is 0 Å². The molecule has 0 aromatic rings. The molecule has 1 heteroatoms. The van der Waals surface area contributed by atoms with Gasteiger partial charge in [0.25, 0.3) is 0 Å². The third-order valence-electron chi connectivity index (χ3n) is 1.34. The number of allylic oxidation sites excluding steroid dienone is 5. The van der Waals surface area contributed by atoms with Crippen molar-refractivity contribution in [3.8, 4) is 0 Å². The van der Waals surface area contributed by atoms with Gasteiger partial charge in [-0.1, -0.05) is 36.0 Å². The van der Waals surface area contributed by atoms with Crippen LogP contribution in [0.25, 0.3) is 0 Å². The van der Waals surface area contributed by atoms with E-state index in [2.05, 4.69) is 19.1 Å². The second kappa shape index (κ2) is 5.93. The second-order valence-electron chi connectivity index (χ2n) is 2.64. The molecule has 0 aliphatic rings. The molecule has 0 heterocycles. The van der Waals surface area contributed by atoms with E-state index in [1.165, 1.54) is 5.57 Å². The molecule has 0 saturated heterocycles. The lowest BCUT2D eigenvalue weighted by Crippen LogP contribution is -2.09. The van der Waals surface area contributed by atoms with Gasteiger partial charge < -0.3 is 5.73 Å². The van der Waals surface area contributed by atoms with E-state index in [1.807, 2.05) is 32.1 Å². The third kappa shape index (κ3) is 7.07. The van der Waals surface area contributed by atoms with Crippen LogP contribution in [-0.2, 0) is 0 Å². The molecule has 11 heavy (non-hydrogen) atoms. The topological polar surface area (TPSA) is 26.0 Å². The predicted octanol–water partition coefficient (Wildman–Crippen LogP) is 2.41. The Hall–Kier alpha value is -0.820. The van der Waals surface area contributed by atoms with E-state index in [4.69, 9.17) is 5.73 Å². The van der Waals surface area contributed by atoms with Crippen LogP contribution in [0.2, 0.25) is 0 Å². The summed E-state index contributed by atoms with van der Waals surface area (Å²) in [5.74, 6) is 0. The van der Waals surface area contributed by atoms with Gasteiger partial charge in [0, 0.05) is 6.04 Å². The van der Waals surface area contributed by atoms with Crippen LogP contribution in [0, 0.1) is 0 Å². The summed E-state index contributed by atoms with van der Waals surface area (Å²) >= 11 is 0. The number of nitrogens with two attached hydrogens (primary N) is 1. The van der Waals surface area contributed by atoms with E-state index in [1.54, 1.807) is 0 Å². The average Bonchev–Trinajstić information content (AvgIpc) is 1.97. The summed E-state index contributed by atoms with van der Waals surface area (Å²) in [6.07, 6.45) is 10.0. The van der Waals surface area contributed by atoms with Gasteiger partial charge in [0.2, 0.25) is 0 Å². The number of hydrogen-bond acceptors (Lipinski definition) is 1. The molecule has 0 aliphatic heterocycles. The molecule has 0 amide bonds. The lowest BCUT2D eigenvalue weighted by atomic mass is 10.2. The predicted molar refractivity (Wildman–Crippen MR) is 51.4 cm³/mol. The van der Waals surface area contributed by atoms with E-state index in [9.17, 15) is 0 Å². The molecule has 0 fully saturated rings. The Bertz CT molecular complexity index is 173. The van der Waals surface area contributed by atoms with Gasteiger partial charge in [-0.05, 0) is 20.8 Å². The first-order chi connectivity index (χ1) is 5.16. The number of hydrogen-bond donors (Lipinski definition) is 1. The van der Waals surface area contributed by atoms with E-state index < -0.39 is 0 Å². The van der Waals surface area contributed by atoms with Crippen molar-refractivity contribution in [1.29, 1.82) is 0 Å². The normalized spacial score (nSPS) is 16.5. The van der Waals surface area contributed by atoms with Crippen molar-refractivity contribution in [2.75, 3.05) is 0 Å². The Labute approximate surface area is 69.3 Å². The van der Waals surface area contributed by atoms with E-state index in [-0.39, 0.29) is 6.04 Å². The Balaban J connectivity index is 3.78. The summed E-state index contributed by atoms with van der Waals surface area (Å²) in [4.78, 5) is 0. The summed E-state index contributed by atoms with van der Waals surface area (Å²) in [5, 5.41) is 0. The van der Waals surface area contributed by atoms with Crippen LogP contribution < -0.4 is 5.73 Å². The molecule has 0 unspecified atom stereocenters. The van der Waals surface area contributed by atoms with Gasteiger partial charge in [-0.2, -0.15) is 0 Å². The fraction of sp³-hybridized carbons (Fsp3) is 0.400. The highest BCUT2D eigenvalue weighted by atomic mass is 14.6. The molecule has 1 nitrogen and oxygen atoms in total. The molecule has 0 aromatic heterocycles. The van der Waals surface area contributed by atoms with Crippen molar-refractivity contribution in [3.63, 3.8) is 0 Å². The van der Waals surface area contributed by atoms with Crippen molar-refractivity contribution >= 4 is 0 Å². The summed E-state index contributed by atoms with van der Waals surface area (Å²) in [6, 6.07) is 0.144. The Morgan fingerprint density at radius 2 is 2.00 bits per heavy atom. The molecule has 0 aliphatic carbocycles. The van der Waals surface area contributed by atoms with E-state index in [0.717, 1.165) is 0 Å². The van der Waals surface area contributed by atoms with Crippen LogP contribution in [0.15, 0.2) is 36.0 Å². The van der Waals surface area contributed by atoms with Crippen molar-refractivity contribution in [2.45, 2.75) is 26.8 Å². The average molecular weight is 151 g/mol. The first-order valence-electron chi connectivity index (χ1n) is 3.90. The lowest BCUT2D eigenvalue weighted by molar-refractivity contribution is 0.926. The largest absolute Gasteiger partial charge is 0.325 e. The highest BCUT2D eigenvalue weighted by molar-refractivity contribution is 5.19. The van der Waals surface area contributed by atoms with Gasteiger partial charge in [0.1, 0.15) is 0 Å².